The number of carbonyl (C=O) groups is 1. The largest absolute Gasteiger partial charge is 0.439 e. The molecular formula is C23H19ClN6O6S. The Bertz CT molecular complexity index is 1830. The number of sulfonamides is 1. The van der Waals surface area contributed by atoms with Gasteiger partial charge < -0.3 is 14.4 Å². The number of carbonyl (C=O) groups excluding carboxylic acids is 1. The fourth-order valence-electron chi connectivity index (χ4n) is 4.03. The van der Waals surface area contributed by atoms with Crippen molar-refractivity contribution in [1.29, 1.82) is 0 Å². The molecule has 0 radical (unpaired) electrons. The summed E-state index contributed by atoms with van der Waals surface area (Å²) in [5.41, 5.74) is 2.17. The number of nitrogens with one attached hydrogen (secondary N) is 3. The van der Waals surface area contributed by atoms with Crippen molar-refractivity contribution in [2.75, 3.05) is 10.0 Å². The van der Waals surface area contributed by atoms with E-state index >= 15 is 0 Å². The lowest BCUT2D eigenvalue weighted by Crippen LogP contribution is -2.16. The van der Waals surface area contributed by atoms with Gasteiger partial charge in [-0.05, 0) is 50.2 Å². The smallest absolute Gasteiger partial charge is 0.360 e. The van der Waals surface area contributed by atoms with Gasteiger partial charge in [0.25, 0.3) is 15.9 Å². The summed E-state index contributed by atoms with van der Waals surface area (Å²) in [6.45, 7) is 3.06. The lowest BCUT2D eigenvalue weighted by Gasteiger charge is -2.11. The molecule has 190 valence electrons. The van der Waals surface area contributed by atoms with Crippen LogP contribution in [0.4, 0.5) is 11.4 Å². The van der Waals surface area contributed by atoms with Crippen LogP contribution >= 0.6 is 11.6 Å². The average Bonchev–Trinajstić information content (AvgIpc) is 3.52. The fraction of sp³-hybridized carbons (Fsp3) is 0.130. The number of aromatic amines is 1. The monoisotopic (exact) mass is 542 g/mol. The van der Waals surface area contributed by atoms with E-state index < -0.39 is 21.7 Å². The number of halogens is 1. The van der Waals surface area contributed by atoms with Crippen molar-refractivity contribution in [1.82, 2.24) is 19.9 Å². The van der Waals surface area contributed by atoms with Crippen molar-refractivity contribution in [3.63, 3.8) is 0 Å². The molecule has 0 aliphatic heterocycles. The zero-order valence-electron chi connectivity index (χ0n) is 19.6. The molecule has 3 N–H and O–H groups in total. The van der Waals surface area contributed by atoms with E-state index in [1.165, 1.54) is 13.0 Å². The van der Waals surface area contributed by atoms with Crippen LogP contribution in [0.15, 0.2) is 61.2 Å². The summed E-state index contributed by atoms with van der Waals surface area (Å²) < 4.78 is 39.5. The SMILES string of the molecule is Cc1noc(C)c1S(=O)(=O)Nc1ccc2cc(C(=O)Nc3ccc(Cl)cc3-c3noc(=O)[nH]3)n(C)c2c1. The molecule has 3 aromatic heterocycles. The minimum atomic E-state index is -3.94. The molecule has 0 aliphatic carbocycles. The van der Waals surface area contributed by atoms with E-state index in [2.05, 4.69) is 29.9 Å². The van der Waals surface area contributed by atoms with Gasteiger partial charge in [-0.3, -0.25) is 19.0 Å². The maximum atomic E-state index is 13.2. The number of benzene rings is 2. The summed E-state index contributed by atoms with van der Waals surface area (Å²) in [6.07, 6.45) is 0. The number of amides is 1. The number of fused-ring (bicyclic) bond motifs is 1. The number of aryl methyl sites for hydroxylation is 3. The number of anilines is 2. The Morgan fingerprint density at radius 3 is 2.54 bits per heavy atom. The lowest BCUT2D eigenvalue weighted by molar-refractivity contribution is 0.101. The molecule has 0 unspecified atom stereocenters. The quantitative estimate of drug-likeness (QED) is 0.291. The van der Waals surface area contributed by atoms with E-state index in [1.807, 2.05) is 0 Å². The van der Waals surface area contributed by atoms with Crippen LogP contribution in [0, 0.1) is 13.8 Å². The molecule has 0 aliphatic rings. The van der Waals surface area contributed by atoms with Crippen LogP contribution in [0.3, 0.4) is 0 Å². The van der Waals surface area contributed by atoms with Crippen molar-refractivity contribution in [3.8, 4) is 11.4 Å². The molecule has 0 spiro atoms. The Balaban J connectivity index is 1.46. The fourth-order valence-corrected chi connectivity index (χ4v) is 5.58. The van der Waals surface area contributed by atoms with Gasteiger partial charge in [0.15, 0.2) is 16.5 Å². The number of nitrogens with zero attached hydrogens (tertiary/aromatic N) is 3. The van der Waals surface area contributed by atoms with Crippen molar-refractivity contribution < 1.29 is 22.3 Å². The van der Waals surface area contributed by atoms with E-state index in [0.717, 1.165) is 0 Å². The molecule has 0 fully saturated rings. The number of hydrogen-bond donors (Lipinski definition) is 3. The summed E-state index contributed by atoms with van der Waals surface area (Å²) in [5.74, 6) is -0.914. The van der Waals surface area contributed by atoms with Gasteiger partial charge in [-0.15, -0.1) is 0 Å². The molecule has 5 rings (SSSR count). The first-order valence-corrected chi connectivity index (χ1v) is 12.6. The predicted molar refractivity (Wildman–Crippen MR) is 135 cm³/mol. The molecule has 0 bridgehead atoms. The van der Waals surface area contributed by atoms with E-state index in [1.54, 1.807) is 54.9 Å². The highest BCUT2D eigenvalue weighted by Gasteiger charge is 2.25. The van der Waals surface area contributed by atoms with Crippen LogP contribution in [-0.2, 0) is 17.1 Å². The average molecular weight is 543 g/mol. The van der Waals surface area contributed by atoms with Crippen LogP contribution in [0.5, 0.6) is 0 Å². The highest BCUT2D eigenvalue weighted by molar-refractivity contribution is 7.92. The topological polar surface area (TPSA) is 165 Å². The second-order valence-corrected chi connectivity index (χ2v) is 10.3. The van der Waals surface area contributed by atoms with Crippen LogP contribution in [0.2, 0.25) is 5.02 Å². The van der Waals surface area contributed by atoms with Crippen LogP contribution in [0.25, 0.3) is 22.3 Å². The van der Waals surface area contributed by atoms with E-state index in [-0.39, 0.29) is 22.2 Å². The molecule has 12 nitrogen and oxygen atoms in total. The van der Waals surface area contributed by atoms with E-state index in [0.29, 0.717) is 38.6 Å². The molecule has 0 atom stereocenters. The van der Waals surface area contributed by atoms with Crippen molar-refractivity contribution in [2.24, 2.45) is 7.05 Å². The molecular weight excluding hydrogens is 524 g/mol. The van der Waals surface area contributed by atoms with Crippen molar-refractivity contribution >= 4 is 49.8 Å². The maximum Gasteiger partial charge on any atom is 0.439 e. The third kappa shape index (κ3) is 4.49. The molecule has 1 amide bonds. The van der Waals surface area contributed by atoms with Gasteiger partial charge in [0, 0.05) is 23.0 Å². The zero-order valence-corrected chi connectivity index (χ0v) is 21.2. The summed E-state index contributed by atoms with van der Waals surface area (Å²) in [4.78, 5) is 27.0. The Kier molecular flexibility index (Phi) is 5.88. The molecule has 3 heterocycles. The van der Waals surface area contributed by atoms with Crippen LogP contribution in [0.1, 0.15) is 21.9 Å². The maximum absolute atomic E-state index is 13.2. The Morgan fingerprint density at radius 2 is 1.86 bits per heavy atom. The van der Waals surface area contributed by atoms with E-state index in [4.69, 9.17) is 16.1 Å². The summed E-state index contributed by atoms with van der Waals surface area (Å²) in [6, 6.07) is 11.3. The molecule has 0 saturated carbocycles. The summed E-state index contributed by atoms with van der Waals surface area (Å²) in [5, 5.41) is 11.2. The van der Waals surface area contributed by atoms with Gasteiger partial charge in [0.05, 0.1) is 16.9 Å². The van der Waals surface area contributed by atoms with Crippen LogP contribution < -0.4 is 15.8 Å². The first kappa shape index (κ1) is 24.3. The number of hydrogen-bond acceptors (Lipinski definition) is 8. The first-order chi connectivity index (χ1) is 17.5. The van der Waals surface area contributed by atoms with Gasteiger partial charge in [-0.2, -0.15) is 0 Å². The Labute approximate surface area is 214 Å². The lowest BCUT2D eigenvalue weighted by atomic mass is 10.1. The van der Waals surface area contributed by atoms with Gasteiger partial charge in [-0.1, -0.05) is 28.0 Å². The molecule has 37 heavy (non-hydrogen) atoms. The normalized spacial score (nSPS) is 11.7. The number of rotatable bonds is 6. The van der Waals surface area contributed by atoms with E-state index in [9.17, 15) is 18.0 Å². The summed E-state index contributed by atoms with van der Waals surface area (Å²) >= 11 is 6.09. The van der Waals surface area contributed by atoms with Crippen molar-refractivity contribution in [3.05, 3.63) is 75.2 Å². The van der Waals surface area contributed by atoms with Crippen molar-refractivity contribution in [2.45, 2.75) is 18.7 Å². The highest BCUT2D eigenvalue weighted by atomic mass is 35.5. The minimum absolute atomic E-state index is 0.0215. The number of aromatic nitrogens is 4. The molecule has 2 aromatic carbocycles. The zero-order chi connectivity index (χ0) is 26.5. The second-order valence-electron chi connectivity index (χ2n) is 8.21. The Morgan fingerprint density at radius 1 is 1.08 bits per heavy atom. The molecule has 5 aromatic rings. The van der Waals surface area contributed by atoms with Gasteiger partial charge in [-0.25, -0.2) is 13.2 Å². The minimum Gasteiger partial charge on any atom is -0.360 e. The third-order valence-electron chi connectivity index (χ3n) is 5.69. The molecule has 0 saturated heterocycles. The first-order valence-electron chi connectivity index (χ1n) is 10.8. The number of H-pyrrole nitrogens is 1. The van der Waals surface area contributed by atoms with Gasteiger partial charge >= 0.3 is 5.76 Å². The predicted octanol–water partition coefficient (Wildman–Crippen LogP) is 3.83. The van der Waals surface area contributed by atoms with Crippen LogP contribution in [-0.4, -0.2) is 34.2 Å². The Hall–Kier alpha value is -4.36. The second kappa shape index (κ2) is 8.94. The van der Waals surface area contributed by atoms with Gasteiger partial charge in [0.2, 0.25) is 0 Å². The highest BCUT2D eigenvalue weighted by Crippen LogP contribution is 2.30. The molecule has 14 heteroatoms. The summed E-state index contributed by atoms with van der Waals surface area (Å²) in [7, 11) is -2.26. The standard InChI is InChI=1S/C23H19ClN6O6S/c1-11-20(12(2)35-27-11)37(33,34)29-15-6-4-13-8-19(30(3)18(13)10-15)22(31)25-17-7-5-14(24)9-16(17)21-26-23(32)36-28-21/h4-10,29H,1-3H3,(H,25,31)(H,26,28,32). The third-order valence-corrected chi connectivity index (χ3v) is 7.55. The van der Waals surface area contributed by atoms with Gasteiger partial charge in [0.1, 0.15) is 11.4 Å².